The molecule has 1 aromatic heterocycles. The zero-order valence-corrected chi connectivity index (χ0v) is 11.6. The van der Waals surface area contributed by atoms with Crippen molar-refractivity contribution in [3.8, 4) is 5.75 Å². The molecule has 0 amide bonds. The van der Waals surface area contributed by atoms with Crippen LogP contribution in [0.4, 0.5) is 10.1 Å². The first-order valence-electron chi connectivity index (χ1n) is 4.99. The molecule has 0 aliphatic carbocycles. The first kappa shape index (κ1) is 12.4. The lowest BCUT2D eigenvalue weighted by molar-refractivity contribution is 0.414. The molecule has 0 fully saturated rings. The van der Waals surface area contributed by atoms with Gasteiger partial charge in [-0.05, 0) is 34.1 Å². The number of rotatable bonds is 4. The molecule has 0 aliphatic rings. The first-order chi connectivity index (χ1) is 8.19. The van der Waals surface area contributed by atoms with E-state index in [0.29, 0.717) is 18.0 Å². The van der Waals surface area contributed by atoms with Gasteiger partial charge in [0, 0.05) is 27.3 Å². The Balaban J connectivity index is 2.07. The van der Waals surface area contributed by atoms with Crippen molar-refractivity contribution < 1.29 is 9.13 Å². The van der Waals surface area contributed by atoms with Gasteiger partial charge in [0.2, 0.25) is 0 Å². The van der Waals surface area contributed by atoms with Crippen LogP contribution < -0.4 is 10.1 Å². The molecule has 0 unspecified atom stereocenters. The molecule has 1 N–H and O–H groups in total. The summed E-state index contributed by atoms with van der Waals surface area (Å²) in [6.45, 7) is 0.598. The molecular weight excluding hydrogens is 305 g/mol. The fourth-order valence-electron chi connectivity index (χ4n) is 1.40. The van der Waals surface area contributed by atoms with E-state index in [9.17, 15) is 4.39 Å². The summed E-state index contributed by atoms with van der Waals surface area (Å²) in [7, 11) is 1.56. The van der Waals surface area contributed by atoms with E-state index < -0.39 is 0 Å². The summed E-state index contributed by atoms with van der Waals surface area (Å²) in [4.78, 5) is 1.14. The minimum Gasteiger partial charge on any atom is -0.497 e. The molecule has 2 nitrogen and oxygen atoms in total. The van der Waals surface area contributed by atoms with E-state index in [0.717, 1.165) is 9.35 Å². The predicted octanol–water partition coefficient (Wildman–Crippen LogP) is 4.27. The Morgan fingerprint density at radius 1 is 1.41 bits per heavy atom. The van der Waals surface area contributed by atoms with Gasteiger partial charge in [-0.25, -0.2) is 4.39 Å². The highest BCUT2D eigenvalue weighted by atomic mass is 79.9. The molecule has 1 heterocycles. The fourth-order valence-corrected chi connectivity index (χ4v) is 2.79. The van der Waals surface area contributed by atoms with Crippen LogP contribution in [0.15, 0.2) is 34.1 Å². The second kappa shape index (κ2) is 5.51. The van der Waals surface area contributed by atoms with Crippen molar-refractivity contribution in [2.75, 3.05) is 12.4 Å². The Hall–Kier alpha value is -1.07. The lowest BCUT2D eigenvalue weighted by atomic mass is 10.3. The van der Waals surface area contributed by atoms with Gasteiger partial charge in [0.05, 0.1) is 12.8 Å². The van der Waals surface area contributed by atoms with E-state index in [1.165, 1.54) is 6.07 Å². The van der Waals surface area contributed by atoms with Crippen LogP contribution in [0.1, 0.15) is 4.88 Å². The van der Waals surface area contributed by atoms with Crippen molar-refractivity contribution >= 4 is 33.0 Å². The van der Waals surface area contributed by atoms with Crippen LogP contribution in [0, 0.1) is 5.82 Å². The average molecular weight is 316 g/mol. The van der Waals surface area contributed by atoms with E-state index in [-0.39, 0.29) is 5.82 Å². The molecule has 0 saturated heterocycles. The number of hydrogen-bond acceptors (Lipinski definition) is 3. The van der Waals surface area contributed by atoms with E-state index in [2.05, 4.69) is 21.2 Å². The second-order valence-corrected chi connectivity index (χ2v) is 5.34. The maximum atomic E-state index is 13.5. The van der Waals surface area contributed by atoms with Crippen LogP contribution in [0.5, 0.6) is 5.75 Å². The van der Waals surface area contributed by atoms with E-state index >= 15 is 0 Å². The molecule has 0 radical (unpaired) electrons. The highest BCUT2D eigenvalue weighted by Crippen LogP contribution is 2.24. The standard InChI is InChI=1S/C12H11BrFNOS/c1-16-9-2-3-11(14)12(5-9)15-6-10-4-8(13)7-17-10/h2-5,7,15H,6H2,1H3. The quantitative estimate of drug-likeness (QED) is 0.909. The topological polar surface area (TPSA) is 21.3 Å². The summed E-state index contributed by atoms with van der Waals surface area (Å²) in [6.07, 6.45) is 0. The van der Waals surface area contributed by atoms with Crippen LogP contribution in [-0.4, -0.2) is 7.11 Å². The Kier molecular flexibility index (Phi) is 4.02. The molecule has 90 valence electrons. The number of halogens is 2. The number of benzene rings is 1. The van der Waals surface area contributed by atoms with Gasteiger partial charge in [0.15, 0.2) is 0 Å². The fraction of sp³-hybridized carbons (Fsp3) is 0.167. The van der Waals surface area contributed by atoms with Gasteiger partial charge in [-0.3, -0.25) is 0 Å². The van der Waals surface area contributed by atoms with Gasteiger partial charge in [-0.1, -0.05) is 0 Å². The molecule has 0 aliphatic heterocycles. The van der Waals surface area contributed by atoms with Gasteiger partial charge in [0.1, 0.15) is 11.6 Å². The highest BCUT2D eigenvalue weighted by Gasteiger charge is 2.04. The summed E-state index contributed by atoms with van der Waals surface area (Å²) in [5.41, 5.74) is 0.453. The molecule has 2 rings (SSSR count). The normalized spacial score (nSPS) is 10.3. The second-order valence-electron chi connectivity index (χ2n) is 3.43. The number of hydrogen-bond donors (Lipinski definition) is 1. The number of ether oxygens (including phenoxy) is 1. The largest absolute Gasteiger partial charge is 0.497 e. The van der Waals surface area contributed by atoms with Crippen molar-refractivity contribution in [1.82, 2.24) is 0 Å². The predicted molar refractivity (Wildman–Crippen MR) is 72.3 cm³/mol. The molecule has 0 spiro atoms. The lowest BCUT2D eigenvalue weighted by Gasteiger charge is -2.08. The molecule has 2 aromatic rings. The van der Waals surface area contributed by atoms with Gasteiger partial charge >= 0.3 is 0 Å². The third kappa shape index (κ3) is 3.20. The van der Waals surface area contributed by atoms with Crippen molar-refractivity contribution in [3.05, 3.63) is 44.8 Å². The SMILES string of the molecule is COc1ccc(F)c(NCc2cc(Br)cs2)c1. The number of nitrogens with one attached hydrogen (secondary N) is 1. The Bertz CT molecular complexity index is 515. The molecule has 5 heteroatoms. The number of anilines is 1. The molecule has 17 heavy (non-hydrogen) atoms. The zero-order valence-electron chi connectivity index (χ0n) is 9.17. The van der Waals surface area contributed by atoms with E-state index in [4.69, 9.17) is 4.74 Å². The van der Waals surface area contributed by atoms with Crippen molar-refractivity contribution in [2.24, 2.45) is 0 Å². The molecule has 0 atom stereocenters. The van der Waals surface area contributed by atoms with E-state index in [1.807, 2.05) is 11.4 Å². The van der Waals surface area contributed by atoms with Crippen molar-refractivity contribution in [1.29, 1.82) is 0 Å². The van der Waals surface area contributed by atoms with Gasteiger partial charge in [0.25, 0.3) is 0 Å². The molecule has 0 bridgehead atoms. The van der Waals surface area contributed by atoms with Gasteiger partial charge in [-0.15, -0.1) is 11.3 Å². The van der Waals surface area contributed by atoms with Crippen LogP contribution >= 0.6 is 27.3 Å². The molecular formula is C12H11BrFNOS. The van der Waals surface area contributed by atoms with Crippen LogP contribution in [0.3, 0.4) is 0 Å². The minimum atomic E-state index is -0.276. The summed E-state index contributed by atoms with van der Waals surface area (Å²) in [6, 6.07) is 6.65. The van der Waals surface area contributed by atoms with Gasteiger partial charge in [-0.2, -0.15) is 0 Å². The Morgan fingerprint density at radius 3 is 2.88 bits per heavy atom. The summed E-state index contributed by atoms with van der Waals surface area (Å²) < 4.78 is 19.6. The zero-order chi connectivity index (χ0) is 12.3. The third-order valence-electron chi connectivity index (χ3n) is 2.25. The smallest absolute Gasteiger partial charge is 0.146 e. The summed E-state index contributed by atoms with van der Waals surface area (Å²) in [5.74, 6) is 0.364. The van der Waals surface area contributed by atoms with Gasteiger partial charge < -0.3 is 10.1 Å². The maximum Gasteiger partial charge on any atom is 0.146 e. The number of methoxy groups -OCH3 is 1. The van der Waals surface area contributed by atoms with E-state index in [1.54, 1.807) is 30.6 Å². The van der Waals surface area contributed by atoms with Crippen LogP contribution in [0.2, 0.25) is 0 Å². The molecule has 1 aromatic carbocycles. The minimum absolute atomic E-state index is 0.276. The highest BCUT2D eigenvalue weighted by molar-refractivity contribution is 9.10. The summed E-state index contributed by atoms with van der Waals surface area (Å²) >= 11 is 5.01. The van der Waals surface area contributed by atoms with Crippen LogP contribution in [0.25, 0.3) is 0 Å². The Labute approximate surface area is 112 Å². The lowest BCUT2D eigenvalue weighted by Crippen LogP contribution is -2.00. The van der Waals surface area contributed by atoms with Crippen molar-refractivity contribution in [2.45, 2.75) is 6.54 Å². The first-order valence-corrected chi connectivity index (χ1v) is 6.66. The van der Waals surface area contributed by atoms with Crippen molar-refractivity contribution in [3.63, 3.8) is 0 Å². The third-order valence-corrected chi connectivity index (χ3v) is 3.95. The number of thiophene rings is 1. The molecule has 0 saturated carbocycles. The maximum absolute atomic E-state index is 13.5. The average Bonchev–Trinajstić information content (AvgIpc) is 2.74. The Morgan fingerprint density at radius 2 is 2.24 bits per heavy atom. The summed E-state index contributed by atoms with van der Waals surface area (Å²) in [5, 5.41) is 5.05. The van der Waals surface area contributed by atoms with Crippen LogP contribution in [-0.2, 0) is 6.54 Å². The monoisotopic (exact) mass is 315 g/mol.